The van der Waals surface area contributed by atoms with Gasteiger partial charge in [0, 0.05) is 6.42 Å². The first-order chi connectivity index (χ1) is 8.11. The largest absolute Gasteiger partial charge is 0.460 e. The van der Waals surface area contributed by atoms with Gasteiger partial charge in [-0.25, -0.2) is 0 Å². The molecule has 1 rings (SSSR count). The van der Waals surface area contributed by atoms with Crippen LogP contribution in [0.5, 0.6) is 0 Å². The van der Waals surface area contributed by atoms with E-state index in [1.54, 1.807) is 13.8 Å². The van der Waals surface area contributed by atoms with E-state index in [4.69, 9.17) is 14.2 Å². The van der Waals surface area contributed by atoms with E-state index >= 15 is 0 Å². The van der Waals surface area contributed by atoms with Gasteiger partial charge < -0.3 is 19.0 Å². The van der Waals surface area contributed by atoms with Crippen LogP contribution in [-0.2, 0) is 23.8 Å². The molecule has 1 unspecified atom stereocenters. The van der Waals surface area contributed by atoms with Crippen molar-refractivity contribution in [1.29, 1.82) is 0 Å². The van der Waals surface area contributed by atoms with Gasteiger partial charge in [0.25, 0.3) is 0 Å². The highest BCUT2D eigenvalue weighted by Crippen LogP contribution is 2.28. The molecule has 0 saturated carbocycles. The van der Waals surface area contributed by atoms with E-state index in [0.29, 0.717) is 6.42 Å². The fourth-order valence-electron chi connectivity index (χ4n) is 1.93. The lowest BCUT2D eigenvalue weighted by atomic mass is 10.1. The fourth-order valence-corrected chi connectivity index (χ4v) is 1.93. The molecule has 0 radical (unpaired) electrons. The number of ether oxygens (including phenoxy) is 3. The van der Waals surface area contributed by atoms with Crippen LogP contribution in [0.25, 0.3) is 0 Å². The third kappa shape index (κ3) is 5.14. The molecule has 5 heteroatoms. The molecule has 0 N–H and O–H groups in total. The second-order valence-electron chi connectivity index (χ2n) is 5.96. The summed E-state index contributed by atoms with van der Waals surface area (Å²) in [4.78, 5) is 22.5. The molecule has 18 heavy (non-hydrogen) atoms. The van der Waals surface area contributed by atoms with E-state index < -0.39 is 17.5 Å². The number of aldehydes is 1. The average molecular weight is 258 g/mol. The number of hydrogen-bond acceptors (Lipinski definition) is 5. The van der Waals surface area contributed by atoms with Crippen LogP contribution < -0.4 is 0 Å². The number of rotatable bonds is 3. The van der Waals surface area contributed by atoms with E-state index in [0.717, 1.165) is 6.29 Å². The van der Waals surface area contributed by atoms with Crippen LogP contribution in [0.2, 0.25) is 0 Å². The third-order valence-electron chi connectivity index (χ3n) is 2.35. The highest BCUT2D eigenvalue weighted by atomic mass is 16.7. The maximum Gasteiger partial charge on any atom is 0.308 e. The Balaban J connectivity index is 2.56. The zero-order valence-corrected chi connectivity index (χ0v) is 11.7. The van der Waals surface area contributed by atoms with E-state index in [-0.39, 0.29) is 18.5 Å². The van der Waals surface area contributed by atoms with E-state index in [9.17, 15) is 9.59 Å². The molecule has 0 aromatic heterocycles. The summed E-state index contributed by atoms with van der Waals surface area (Å²) < 4.78 is 16.2. The Morgan fingerprint density at radius 1 is 1.39 bits per heavy atom. The van der Waals surface area contributed by atoms with E-state index in [1.165, 1.54) is 0 Å². The zero-order chi connectivity index (χ0) is 14.0. The maximum absolute atomic E-state index is 11.7. The second-order valence-corrected chi connectivity index (χ2v) is 5.96. The van der Waals surface area contributed by atoms with Crippen LogP contribution in [-0.4, -0.2) is 35.9 Å². The number of carbonyl (C=O) groups is 2. The van der Waals surface area contributed by atoms with Gasteiger partial charge in [-0.2, -0.15) is 0 Å². The number of hydrogen-bond donors (Lipinski definition) is 0. The first kappa shape index (κ1) is 15.1. The molecule has 1 fully saturated rings. The molecule has 0 spiro atoms. The van der Waals surface area contributed by atoms with Gasteiger partial charge in [-0.1, -0.05) is 0 Å². The zero-order valence-electron chi connectivity index (χ0n) is 11.7. The van der Waals surface area contributed by atoms with Gasteiger partial charge in [0.1, 0.15) is 18.0 Å². The molecule has 0 aromatic rings. The predicted molar refractivity (Wildman–Crippen MR) is 65.0 cm³/mol. The average Bonchev–Trinajstić information content (AvgIpc) is 2.11. The second kappa shape index (κ2) is 5.36. The van der Waals surface area contributed by atoms with Gasteiger partial charge >= 0.3 is 5.97 Å². The predicted octanol–water partition coefficient (Wildman–Crippen LogP) is 1.83. The van der Waals surface area contributed by atoms with Crippen molar-refractivity contribution in [2.75, 3.05) is 0 Å². The van der Waals surface area contributed by atoms with Crippen LogP contribution in [0.3, 0.4) is 0 Å². The van der Waals surface area contributed by atoms with Crippen LogP contribution in [0, 0.1) is 0 Å². The van der Waals surface area contributed by atoms with Crippen molar-refractivity contribution in [3.8, 4) is 0 Å². The third-order valence-corrected chi connectivity index (χ3v) is 2.35. The summed E-state index contributed by atoms with van der Waals surface area (Å²) in [6.07, 6.45) is 0.382. The highest BCUT2D eigenvalue weighted by molar-refractivity contribution is 5.70. The minimum atomic E-state index is -0.851. The van der Waals surface area contributed by atoms with Gasteiger partial charge in [-0.15, -0.1) is 0 Å². The lowest BCUT2D eigenvalue weighted by Gasteiger charge is -2.38. The van der Waals surface area contributed by atoms with Gasteiger partial charge in [0.15, 0.2) is 5.79 Å². The summed E-state index contributed by atoms with van der Waals surface area (Å²) in [5.41, 5.74) is -0.512. The summed E-state index contributed by atoms with van der Waals surface area (Å²) in [7, 11) is 0. The topological polar surface area (TPSA) is 61.8 Å². The molecular weight excluding hydrogens is 236 g/mol. The molecule has 1 aliphatic heterocycles. The van der Waals surface area contributed by atoms with Crippen LogP contribution >= 0.6 is 0 Å². The first-order valence-corrected chi connectivity index (χ1v) is 6.14. The smallest absolute Gasteiger partial charge is 0.308 e. The molecule has 0 aliphatic carbocycles. The Morgan fingerprint density at radius 3 is 2.50 bits per heavy atom. The molecule has 1 heterocycles. The Bertz CT molecular complexity index is 316. The van der Waals surface area contributed by atoms with Gasteiger partial charge in [-0.05, 0) is 34.6 Å². The molecule has 0 amide bonds. The maximum atomic E-state index is 11.7. The quantitative estimate of drug-likeness (QED) is 0.571. The molecule has 2 atom stereocenters. The molecule has 0 bridgehead atoms. The number of esters is 1. The lowest BCUT2D eigenvalue weighted by Crippen LogP contribution is -2.46. The summed E-state index contributed by atoms with van der Waals surface area (Å²) in [6, 6.07) is 0. The minimum absolute atomic E-state index is 0.133. The Labute approximate surface area is 108 Å². The normalized spacial score (nSPS) is 27.6. The van der Waals surface area contributed by atoms with Crippen molar-refractivity contribution in [1.82, 2.24) is 0 Å². The van der Waals surface area contributed by atoms with Crippen molar-refractivity contribution in [3.63, 3.8) is 0 Å². The monoisotopic (exact) mass is 258 g/mol. The lowest BCUT2D eigenvalue weighted by molar-refractivity contribution is -0.291. The van der Waals surface area contributed by atoms with Crippen molar-refractivity contribution >= 4 is 12.3 Å². The Kier molecular flexibility index (Phi) is 4.50. The van der Waals surface area contributed by atoms with Crippen molar-refractivity contribution in [2.45, 2.75) is 71.1 Å². The first-order valence-electron chi connectivity index (χ1n) is 6.14. The molecule has 5 nitrogen and oxygen atoms in total. The number of carbonyl (C=O) groups excluding carboxylic acids is 2. The van der Waals surface area contributed by atoms with Crippen molar-refractivity contribution in [3.05, 3.63) is 0 Å². The molecule has 1 aliphatic rings. The van der Waals surface area contributed by atoms with Crippen molar-refractivity contribution < 1.29 is 23.8 Å². The van der Waals surface area contributed by atoms with Gasteiger partial charge in [-0.3, -0.25) is 4.79 Å². The summed E-state index contributed by atoms with van der Waals surface area (Å²) in [5.74, 6) is -1.17. The van der Waals surface area contributed by atoms with Gasteiger partial charge in [0.2, 0.25) is 0 Å². The molecule has 104 valence electrons. The van der Waals surface area contributed by atoms with Crippen LogP contribution in [0.4, 0.5) is 0 Å². The molecular formula is C13H22O5. The van der Waals surface area contributed by atoms with Gasteiger partial charge in [0.05, 0.1) is 12.5 Å². The standard InChI is InChI=1S/C13H22O5/c1-12(2,3)18-11(15)7-9-6-10(8-14)17-13(4,5)16-9/h8-10H,6-7H2,1-5H3/t9?,10-/m0/s1. The van der Waals surface area contributed by atoms with E-state index in [1.807, 2.05) is 20.8 Å². The Hall–Kier alpha value is -0.940. The van der Waals surface area contributed by atoms with E-state index in [2.05, 4.69) is 0 Å². The molecule has 0 aromatic carbocycles. The minimum Gasteiger partial charge on any atom is -0.460 e. The highest BCUT2D eigenvalue weighted by Gasteiger charge is 2.36. The van der Waals surface area contributed by atoms with Crippen LogP contribution in [0.15, 0.2) is 0 Å². The van der Waals surface area contributed by atoms with Crippen LogP contribution in [0.1, 0.15) is 47.5 Å². The summed E-state index contributed by atoms with van der Waals surface area (Å²) in [5, 5.41) is 0. The van der Waals surface area contributed by atoms with Crippen molar-refractivity contribution in [2.24, 2.45) is 0 Å². The summed E-state index contributed by atoms with van der Waals surface area (Å²) in [6.45, 7) is 8.89. The SMILES string of the molecule is CC(C)(C)OC(=O)CC1C[C@@H](C=O)OC(C)(C)O1. The summed E-state index contributed by atoms with van der Waals surface area (Å²) >= 11 is 0. The Morgan fingerprint density at radius 2 is 2.00 bits per heavy atom. The molecule has 1 saturated heterocycles. The fraction of sp³-hybridized carbons (Fsp3) is 0.846.